The summed E-state index contributed by atoms with van der Waals surface area (Å²) in [7, 11) is -2.86. The summed E-state index contributed by atoms with van der Waals surface area (Å²) in [5, 5.41) is 8.84. The fourth-order valence-corrected chi connectivity index (χ4v) is 1.86. The lowest BCUT2D eigenvalue weighted by atomic mass is 10.1. The first-order valence-electron chi connectivity index (χ1n) is 5.01. The molecule has 0 aliphatic rings. The van der Waals surface area contributed by atoms with Gasteiger partial charge in [-0.3, -0.25) is 0 Å². The van der Waals surface area contributed by atoms with Crippen LogP contribution in [-0.4, -0.2) is 26.7 Å². The van der Waals surface area contributed by atoms with Crippen LogP contribution in [0, 0.1) is 0 Å². The van der Waals surface area contributed by atoms with Crippen molar-refractivity contribution >= 4 is 16.3 Å². The molecule has 18 heavy (non-hydrogen) atoms. The van der Waals surface area contributed by atoms with E-state index < -0.39 is 16.3 Å². The molecule has 0 heterocycles. The molecule has 0 fully saturated rings. The Hall–Kier alpha value is -1.64. The van der Waals surface area contributed by atoms with Gasteiger partial charge >= 0.3 is 16.3 Å². The Morgan fingerprint density at radius 2 is 1.83 bits per heavy atom. The molecule has 0 radical (unpaired) electrons. The van der Waals surface area contributed by atoms with Crippen molar-refractivity contribution in [3.05, 3.63) is 35.4 Å². The van der Waals surface area contributed by atoms with Crippen molar-refractivity contribution in [3.8, 4) is 0 Å². The number of ether oxygens (including phenoxy) is 1. The lowest BCUT2D eigenvalue weighted by Gasteiger charge is -2.07. The van der Waals surface area contributed by atoms with Gasteiger partial charge in [-0.1, -0.05) is 24.3 Å². The molecule has 0 atom stereocenters. The number of hydrogen-bond donors (Lipinski definition) is 3. The molecular weight excluding hydrogens is 260 g/mol. The molecular formula is C10H14N2O5S. The summed E-state index contributed by atoms with van der Waals surface area (Å²) in [6.45, 7) is -0.0477. The average Bonchev–Trinajstić information content (AvgIpc) is 2.36. The van der Waals surface area contributed by atoms with Gasteiger partial charge in [0.05, 0.1) is 13.7 Å². The number of benzene rings is 1. The smallest absolute Gasteiger partial charge is 0.421 e. The van der Waals surface area contributed by atoms with Gasteiger partial charge in [0.25, 0.3) is 0 Å². The zero-order valence-corrected chi connectivity index (χ0v) is 10.5. The van der Waals surface area contributed by atoms with E-state index in [4.69, 9.17) is 5.11 Å². The van der Waals surface area contributed by atoms with Crippen LogP contribution >= 0.6 is 0 Å². The molecule has 0 aliphatic heterocycles. The summed E-state index contributed by atoms with van der Waals surface area (Å²) in [5.41, 5.74) is 1.43. The topological polar surface area (TPSA) is 105 Å². The second-order valence-electron chi connectivity index (χ2n) is 3.39. The maximum absolute atomic E-state index is 11.3. The number of carbonyl (C=O) groups excluding carboxylic acids is 1. The summed E-state index contributed by atoms with van der Waals surface area (Å²) < 4.78 is 30.7. The molecule has 0 saturated carbocycles. The molecule has 1 aromatic carbocycles. The highest BCUT2D eigenvalue weighted by atomic mass is 32.2. The molecule has 3 N–H and O–H groups in total. The Balaban J connectivity index is 2.56. The molecule has 0 saturated heterocycles. The first-order valence-corrected chi connectivity index (χ1v) is 6.49. The van der Waals surface area contributed by atoms with Crippen molar-refractivity contribution in [2.75, 3.05) is 7.11 Å². The molecule has 0 aliphatic carbocycles. The minimum absolute atomic E-state index is 0.0258. The molecule has 100 valence electrons. The van der Waals surface area contributed by atoms with Crippen molar-refractivity contribution < 1.29 is 23.1 Å². The molecule has 0 unspecified atom stereocenters. The maximum Gasteiger partial charge on any atom is 0.421 e. The highest BCUT2D eigenvalue weighted by Gasteiger charge is 2.13. The predicted molar refractivity (Wildman–Crippen MR) is 63.7 cm³/mol. The SMILES string of the molecule is COC(=O)NS(=O)(=O)NCc1ccc(CO)cc1. The standard InChI is InChI=1S/C10H14N2O5S/c1-17-10(14)12-18(15,16)11-6-8-2-4-9(7-13)5-3-8/h2-5,11,13H,6-7H2,1H3,(H,12,14). The first kappa shape index (κ1) is 14.4. The highest BCUT2D eigenvalue weighted by Crippen LogP contribution is 2.04. The van der Waals surface area contributed by atoms with Crippen LogP contribution in [-0.2, 0) is 28.1 Å². The number of amides is 1. The van der Waals surface area contributed by atoms with Crippen molar-refractivity contribution in [1.29, 1.82) is 0 Å². The minimum Gasteiger partial charge on any atom is -0.452 e. The second kappa shape index (κ2) is 6.34. The van der Waals surface area contributed by atoms with Crippen molar-refractivity contribution in [1.82, 2.24) is 9.44 Å². The third kappa shape index (κ3) is 4.70. The third-order valence-electron chi connectivity index (χ3n) is 2.07. The van der Waals surface area contributed by atoms with Crippen LogP contribution < -0.4 is 9.44 Å². The minimum atomic E-state index is -3.93. The molecule has 1 rings (SSSR count). The number of carbonyl (C=O) groups is 1. The third-order valence-corrected chi connectivity index (χ3v) is 3.03. The Labute approximate surface area is 105 Å². The van der Waals surface area contributed by atoms with Gasteiger partial charge in [0.1, 0.15) is 0 Å². The fraction of sp³-hybridized carbons (Fsp3) is 0.300. The zero-order valence-electron chi connectivity index (χ0n) is 9.71. The number of methoxy groups -OCH3 is 1. The van der Waals surface area contributed by atoms with Crippen LogP contribution in [0.25, 0.3) is 0 Å². The lowest BCUT2D eigenvalue weighted by molar-refractivity contribution is 0.177. The van der Waals surface area contributed by atoms with Crippen molar-refractivity contribution in [3.63, 3.8) is 0 Å². The Morgan fingerprint density at radius 1 is 1.28 bits per heavy atom. The lowest BCUT2D eigenvalue weighted by Crippen LogP contribution is -2.39. The van der Waals surface area contributed by atoms with Gasteiger partial charge < -0.3 is 9.84 Å². The largest absolute Gasteiger partial charge is 0.452 e. The molecule has 1 aromatic rings. The van der Waals surface area contributed by atoms with E-state index in [0.717, 1.165) is 12.7 Å². The Morgan fingerprint density at radius 3 is 2.33 bits per heavy atom. The van der Waals surface area contributed by atoms with E-state index in [1.165, 1.54) is 0 Å². The summed E-state index contributed by atoms with van der Waals surface area (Å²) in [4.78, 5) is 10.7. The molecule has 0 bridgehead atoms. The quantitative estimate of drug-likeness (QED) is 0.693. The highest BCUT2D eigenvalue weighted by molar-refractivity contribution is 7.88. The fourth-order valence-electron chi connectivity index (χ4n) is 1.13. The van der Waals surface area contributed by atoms with Crippen LogP contribution in [0.5, 0.6) is 0 Å². The summed E-state index contributed by atoms with van der Waals surface area (Å²) in [5.74, 6) is 0. The van der Waals surface area contributed by atoms with Gasteiger partial charge in [-0.15, -0.1) is 0 Å². The number of rotatable bonds is 5. The van der Waals surface area contributed by atoms with Crippen LogP contribution in [0.2, 0.25) is 0 Å². The molecule has 7 nitrogen and oxygen atoms in total. The van der Waals surface area contributed by atoms with Crippen LogP contribution in [0.1, 0.15) is 11.1 Å². The maximum atomic E-state index is 11.3. The predicted octanol–water partition coefficient (Wildman–Crippen LogP) is -0.131. The monoisotopic (exact) mass is 274 g/mol. The van der Waals surface area contributed by atoms with E-state index in [0.29, 0.717) is 5.56 Å². The average molecular weight is 274 g/mol. The van der Waals surface area contributed by atoms with E-state index in [-0.39, 0.29) is 13.2 Å². The second-order valence-corrected chi connectivity index (χ2v) is 4.89. The van der Waals surface area contributed by atoms with Gasteiger partial charge in [-0.25, -0.2) is 9.52 Å². The van der Waals surface area contributed by atoms with E-state index in [2.05, 4.69) is 9.46 Å². The zero-order chi connectivity index (χ0) is 13.6. The van der Waals surface area contributed by atoms with E-state index in [1.54, 1.807) is 29.0 Å². The van der Waals surface area contributed by atoms with E-state index in [1.807, 2.05) is 0 Å². The number of aliphatic hydroxyl groups excluding tert-OH is 1. The van der Waals surface area contributed by atoms with Gasteiger partial charge in [0.2, 0.25) is 0 Å². The molecule has 8 heteroatoms. The van der Waals surface area contributed by atoms with Gasteiger partial charge in [0, 0.05) is 6.54 Å². The summed E-state index contributed by atoms with van der Waals surface area (Å²) in [6.07, 6.45) is -1.06. The number of hydrogen-bond acceptors (Lipinski definition) is 5. The van der Waals surface area contributed by atoms with E-state index in [9.17, 15) is 13.2 Å². The van der Waals surface area contributed by atoms with Crippen LogP contribution in [0.3, 0.4) is 0 Å². The summed E-state index contributed by atoms with van der Waals surface area (Å²) in [6, 6.07) is 6.70. The van der Waals surface area contributed by atoms with Gasteiger partial charge in [-0.05, 0) is 11.1 Å². The number of nitrogens with one attached hydrogen (secondary N) is 2. The normalized spacial score (nSPS) is 11.0. The van der Waals surface area contributed by atoms with Gasteiger partial charge in [-0.2, -0.15) is 13.1 Å². The number of aliphatic hydroxyl groups is 1. The van der Waals surface area contributed by atoms with Crippen molar-refractivity contribution in [2.45, 2.75) is 13.2 Å². The Bertz CT molecular complexity index is 498. The van der Waals surface area contributed by atoms with E-state index >= 15 is 0 Å². The molecule has 1 amide bonds. The van der Waals surface area contributed by atoms with Crippen molar-refractivity contribution in [2.24, 2.45) is 0 Å². The van der Waals surface area contributed by atoms with Crippen LogP contribution in [0.15, 0.2) is 24.3 Å². The molecule has 0 spiro atoms. The summed E-state index contributed by atoms with van der Waals surface area (Å²) >= 11 is 0. The first-order chi connectivity index (χ1) is 8.46. The Kier molecular flexibility index (Phi) is 5.08. The van der Waals surface area contributed by atoms with Crippen LogP contribution in [0.4, 0.5) is 4.79 Å². The van der Waals surface area contributed by atoms with Gasteiger partial charge in [0.15, 0.2) is 0 Å². The molecule has 0 aromatic heterocycles.